The van der Waals surface area contributed by atoms with E-state index in [9.17, 15) is 4.79 Å². The number of fused-ring (bicyclic) bond motifs is 1. The lowest BCUT2D eigenvalue weighted by atomic mass is 10.0. The van der Waals surface area contributed by atoms with E-state index in [1.165, 1.54) is 77.0 Å². The summed E-state index contributed by atoms with van der Waals surface area (Å²) in [6.07, 6.45) is 21.7. The highest BCUT2D eigenvalue weighted by Crippen LogP contribution is 2.37. The van der Waals surface area contributed by atoms with Crippen LogP contribution in [0.25, 0.3) is 0 Å². The number of aromatic nitrogens is 1. The maximum atomic E-state index is 12.4. The molecule has 1 aromatic heterocycles. The van der Waals surface area contributed by atoms with Gasteiger partial charge in [-0.3, -0.25) is 9.78 Å². The fourth-order valence-corrected chi connectivity index (χ4v) is 5.58. The van der Waals surface area contributed by atoms with Crippen molar-refractivity contribution >= 4 is 5.91 Å². The van der Waals surface area contributed by atoms with Crippen molar-refractivity contribution in [1.29, 1.82) is 0 Å². The fourth-order valence-electron chi connectivity index (χ4n) is 5.58. The first kappa shape index (κ1) is 33.5. The van der Waals surface area contributed by atoms with Crippen molar-refractivity contribution in [2.45, 2.75) is 149 Å². The largest absolute Gasteiger partial charge is 0.460 e. The molecule has 1 amide bonds. The minimum Gasteiger partial charge on any atom is -0.460 e. The van der Waals surface area contributed by atoms with Gasteiger partial charge in [-0.05, 0) is 19.8 Å². The second-order valence-corrected chi connectivity index (χ2v) is 12.6. The van der Waals surface area contributed by atoms with Crippen molar-refractivity contribution in [2.24, 2.45) is 0 Å². The Morgan fingerprint density at radius 3 is 2.13 bits per heavy atom. The van der Waals surface area contributed by atoms with Gasteiger partial charge in [-0.2, -0.15) is 0 Å². The molecule has 2 rings (SSSR count). The van der Waals surface area contributed by atoms with Crippen LogP contribution in [0, 0.1) is 6.92 Å². The Bertz CT molecular complexity index is 842. The van der Waals surface area contributed by atoms with E-state index in [4.69, 9.17) is 9.47 Å². The van der Waals surface area contributed by atoms with Crippen molar-refractivity contribution in [3.63, 3.8) is 0 Å². The molecule has 1 aromatic rings. The quantitative estimate of drug-likeness (QED) is 0.125. The van der Waals surface area contributed by atoms with Gasteiger partial charge in [0.2, 0.25) is 11.7 Å². The third kappa shape index (κ3) is 13.0. The number of pyridine rings is 1. The van der Waals surface area contributed by atoms with Gasteiger partial charge >= 0.3 is 0 Å². The number of carbonyl (C=O) groups excluding carboxylic acids is 1. The number of hydrogen-bond acceptors (Lipinski definition) is 4. The molecule has 0 saturated carbocycles. The molecule has 0 aromatic carbocycles. The topological polar surface area (TPSA) is 60.5 Å². The summed E-state index contributed by atoms with van der Waals surface area (Å²) in [7, 11) is 4.41. The van der Waals surface area contributed by atoms with E-state index in [2.05, 4.69) is 38.2 Å². The van der Waals surface area contributed by atoms with Crippen molar-refractivity contribution < 1.29 is 18.8 Å². The van der Waals surface area contributed by atoms with Crippen LogP contribution in [0.2, 0.25) is 0 Å². The Morgan fingerprint density at radius 1 is 0.949 bits per heavy atom. The van der Waals surface area contributed by atoms with E-state index in [-0.39, 0.29) is 5.91 Å². The van der Waals surface area contributed by atoms with Crippen molar-refractivity contribution in [3.05, 3.63) is 23.0 Å². The highest BCUT2D eigenvalue weighted by molar-refractivity contribution is 5.75. The molecule has 1 N–H and O–H groups in total. The molecule has 1 aliphatic heterocycles. The van der Waals surface area contributed by atoms with Crippen LogP contribution in [0.5, 0.6) is 5.75 Å². The van der Waals surface area contributed by atoms with Gasteiger partial charge in [0.15, 0.2) is 0 Å². The minimum atomic E-state index is -0.575. The number of hydrogen-bond donors (Lipinski definition) is 1. The highest BCUT2D eigenvalue weighted by Gasteiger charge is 2.35. The van der Waals surface area contributed by atoms with E-state index in [1.807, 2.05) is 20.0 Å². The molecule has 2 heterocycles. The summed E-state index contributed by atoms with van der Waals surface area (Å²) >= 11 is 0. The normalized spacial score (nSPS) is 17.1. The number of amides is 1. The number of likely N-dealkylation sites (N-methyl/N-ethyl adjacent to an activating group) is 1. The van der Waals surface area contributed by atoms with Gasteiger partial charge in [0.1, 0.15) is 12.3 Å². The molecular weight excluding hydrogens is 486 g/mol. The first-order chi connectivity index (χ1) is 18.7. The molecule has 39 heavy (non-hydrogen) atoms. The van der Waals surface area contributed by atoms with E-state index in [0.717, 1.165) is 59.4 Å². The number of unbranched alkanes of at least 4 members (excludes halogenated alkanes) is 12. The lowest BCUT2D eigenvalue weighted by Crippen LogP contribution is -2.45. The second-order valence-electron chi connectivity index (χ2n) is 12.6. The minimum absolute atomic E-state index is 0.185. The first-order valence-electron chi connectivity index (χ1n) is 16.1. The van der Waals surface area contributed by atoms with E-state index in [1.54, 1.807) is 0 Å². The Kier molecular flexibility index (Phi) is 15.4. The molecule has 6 heteroatoms. The van der Waals surface area contributed by atoms with Crippen LogP contribution in [-0.4, -0.2) is 48.3 Å². The Labute approximate surface area is 240 Å². The SMILES string of the molecule is CCCCCCCCCCCCCCCC(=O)NCC[N+](C)(C)Cc1cnc(C)c2c1COC(C)(CCC)O2. The molecule has 1 unspecified atom stereocenters. The van der Waals surface area contributed by atoms with E-state index >= 15 is 0 Å². The number of ether oxygens (including phenoxy) is 2. The second kappa shape index (κ2) is 17.9. The Hall–Kier alpha value is -1.66. The monoisotopic (exact) mass is 546 g/mol. The zero-order valence-electron chi connectivity index (χ0n) is 26.3. The number of aryl methyl sites for hydroxylation is 1. The van der Waals surface area contributed by atoms with Crippen LogP contribution < -0.4 is 10.1 Å². The summed E-state index contributed by atoms with van der Waals surface area (Å²) in [6.45, 7) is 11.4. The predicted octanol–water partition coefficient (Wildman–Crippen LogP) is 7.99. The van der Waals surface area contributed by atoms with Crippen LogP contribution in [-0.2, 0) is 22.7 Å². The molecule has 6 nitrogen and oxygen atoms in total. The van der Waals surface area contributed by atoms with Crippen molar-refractivity contribution in [1.82, 2.24) is 10.3 Å². The van der Waals surface area contributed by atoms with Gasteiger partial charge in [-0.15, -0.1) is 0 Å². The molecular formula is C33H60N3O3+. The maximum Gasteiger partial charge on any atom is 0.220 e. The number of carbonyl (C=O) groups is 1. The molecule has 1 aliphatic rings. The number of rotatable bonds is 21. The third-order valence-corrected chi connectivity index (χ3v) is 8.09. The van der Waals surface area contributed by atoms with Gasteiger partial charge in [0, 0.05) is 37.1 Å². The maximum absolute atomic E-state index is 12.4. The summed E-state index contributed by atoms with van der Waals surface area (Å²) in [5.74, 6) is 0.500. The first-order valence-corrected chi connectivity index (χ1v) is 16.1. The van der Waals surface area contributed by atoms with Crippen LogP contribution in [0.4, 0.5) is 0 Å². The standard InChI is InChI=1S/C33H59N3O3/c1-7-9-10-11-12-13-14-15-16-17-18-19-20-21-31(37)34-23-24-36(5,6)26-29-25-35-28(3)32-30(29)27-38-33(4,39-32)22-8-2/h25H,7-24,26-27H2,1-6H3/p+1. The van der Waals surface area contributed by atoms with Crippen LogP contribution >= 0.6 is 0 Å². The fraction of sp³-hybridized carbons (Fsp3) is 0.818. The van der Waals surface area contributed by atoms with Gasteiger partial charge in [0.05, 0.1) is 39.5 Å². The summed E-state index contributed by atoms with van der Waals surface area (Å²) in [6, 6.07) is 0. The molecule has 0 radical (unpaired) electrons. The summed E-state index contributed by atoms with van der Waals surface area (Å²) in [5.41, 5.74) is 3.20. The zero-order valence-corrected chi connectivity index (χ0v) is 26.3. The molecule has 224 valence electrons. The molecule has 0 aliphatic carbocycles. The highest BCUT2D eigenvalue weighted by atomic mass is 16.7. The van der Waals surface area contributed by atoms with Gasteiger partial charge < -0.3 is 19.3 Å². The summed E-state index contributed by atoms with van der Waals surface area (Å²) in [4.78, 5) is 17.0. The lowest BCUT2D eigenvalue weighted by molar-refractivity contribution is -0.902. The van der Waals surface area contributed by atoms with Gasteiger partial charge in [-0.25, -0.2) is 0 Å². The molecule has 0 spiro atoms. The summed E-state index contributed by atoms with van der Waals surface area (Å²) in [5, 5.41) is 3.14. The Morgan fingerprint density at radius 2 is 1.54 bits per heavy atom. The average Bonchev–Trinajstić information content (AvgIpc) is 2.88. The smallest absolute Gasteiger partial charge is 0.220 e. The van der Waals surface area contributed by atoms with Crippen molar-refractivity contribution in [2.75, 3.05) is 27.2 Å². The lowest BCUT2D eigenvalue weighted by Gasteiger charge is -2.38. The zero-order chi connectivity index (χ0) is 28.6. The Balaban J connectivity index is 1.59. The molecule has 0 bridgehead atoms. The van der Waals surface area contributed by atoms with Gasteiger partial charge in [0.25, 0.3) is 0 Å². The third-order valence-electron chi connectivity index (χ3n) is 8.09. The average molecular weight is 547 g/mol. The molecule has 0 saturated heterocycles. The molecule has 1 atom stereocenters. The predicted molar refractivity (Wildman–Crippen MR) is 162 cm³/mol. The van der Waals surface area contributed by atoms with Gasteiger partial charge in [-0.1, -0.05) is 90.9 Å². The van der Waals surface area contributed by atoms with Crippen LogP contribution in [0.1, 0.15) is 140 Å². The number of nitrogens with zero attached hydrogens (tertiary/aromatic N) is 2. The number of quaternary nitrogens is 1. The van der Waals surface area contributed by atoms with Crippen LogP contribution in [0.3, 0.4) is 0 Å². The van der Waals surface area contributed by atoms with E-state index in [0.29, 0.717) is 19.6 Å². The van der Waals surface area contributed by atoms with E-state index < -0.39 is 5.79 Å². The molecule has 0 fully saturated rings. The number of nitrogens with one attached hydrogen (secondary N) is 1. The van der Waals surface area contributed by atoms with Crippen LogP contribution in [0.15, 0.2) is 6.20 Å². The summed E-state index contributed by atoms with van der Waals surface area (Å²) < 4.78 is 13.2. The van der Waals surface area contributed by atoms with Crippen molar-refractivity contribution in [3.8, 4) is 5.75 Å².